The molecule has 2 rings (SSSR count). The number of hydrogen-bond acceptors (Lipinski definition) is 2. The third-order valence-electron chi connectivity index (χ3n) is 3.92. The number of carbonyl (C=O) groups is 1. The van der Waals surface area contributed by atoms with Crippen molar-refractivity contribution < 1.29 is 4.79 Å². The number of amides is 1. The van der Waals surface area contributed by atoms with Gasteiger partial charge in [0.15, 0.2) is 0 Å². The number of likely N-dealkylation sites (tertiary alicyclic amines) is 1. The molecule has 20 heavy (non-hydrogen) atoms. The molecular weight excluding hydrogens is 248 g/mol. The summed E-state index contributed by atoms with van der Waals surface area (Å²) in [5.41, 5.74) is 2.06. The van der Waals surface area contributed by atoms with Crippen molar-refractivity contribution in [2.24, 2.45) is 0 Å². The molecule has 0 saturated carbocycles. The van der Waals surface area contributed by atoms with E-state index in [-0.39, 0.29) is 11.9 Å². The first-order chi connectivity index (χ1) is 9.69. The summed E-state index contributed by atoms with van der Waals surface area (Å²) in [4.78, 5) is 14.5. The van der Waals surface area contributed by atoms with Gasteiger partial charge in [-0.05, 0) is 57.0 Å². The first-order valence-electron chi connectivity index (χ1n) is 7.81. The van der Waals surface area contributed by atoms with Crippen LogP contribution in [-0.4, -0.2) is 29.9 Å². The first-order valence-corrected chi connectivity index (χ1v) is 7.81. The van der Waals surface area contributed by atoms with Gasteiger partial charge in [0.05, 0.1) is 0 Å². The van der Waals surface area contributed by atoms with Crippen LogP contribution in [0.2, 0.25) is 0 Å². The van der Waals surface area contributed by atoms with Gasteiger partial charge in [0, 0.05) is 18.2 Å². The summed E-state index contributed by atoms with van der Waals surface area (Å²) in [6, 6.07) is 8.30. The van der Waals surface area contributed by atoms with Crippen molar-refractivity contribution in [3.05, 3.63) is 35.4 Å². The van der Waals surface area contributed by atoms with Gasteiger partial charge in [0.25, 0.3) is 5.91 Å². The molecule has 0 bridgehead atoms. The minimum absolute atomic E-state index is 0.0404. The highest BCUT2D eigenvalue weighted by Crippen LogP contribution is 2.13. The second-order valence-corrected chi connectivity index (χ2v) is 5.84. The third-order valence-corrected chi connectivity index (χ3v) is 3.92. The molecule has 1 fully saturated rings. The Hall–Kier alpha value is -1.35. The molecule has 1 N–H and O–H groups in total. The van der Waals surface area contributed by atoms with Crippen LogP contribution in [0.4, 0.5) is 0 Å². The van der Waals surface area contributed by atoms with E-state index in [1.54, 1.807) is 0 Å². The van der Waals surface area contributed by atoms with Crippen LogP contribution in [0.15, 0.2) is 24.3 Å². The minimum atomic E-state index is 0.0404. The fraction of sp³-hybridized carbons (Fsp3) is 0.588. The Kier molecular flexibility index (Phi) is 5.60. The fourth-order valence-corrected chi connectivity index (χ4v) is 2.77. The molecular formula is C17H26N2O. The zero-order chi connectivity index (χ0) is 14.4. The molecule has 1 aromatic carbocycles. The van der Waals surface area contributed by atoms with Crippen molar-refractivity contribution in [1.82, 2.24) is 10.2 Å². The topological polar surface area (TPSA) is 32.3 Å². The van der Waals surface area contributed by atoms with Crippen molar-refractivity contribution in [3.8, 4) is 0 Å². The Morgan fingerprint density at radius 2 is 1.90 bits per heavy atom. The van der Waals surface area contributed by atoms with E-state index in [2.05, 4.69) is 36.2 Å². The minimum Gasteiger partial charge on any atom is -0.350 e. The van der Waals surface area contributed by atoms with Crippen molar-refractivity contribution in [2.75, 3.05) is 13.1 Å². The number of hydrogen-bond donors (Lipinski definition) is 1. The number of nitrogens with zero attached hydrogens (tertiary/aromatic N) is 1. The maximum atomic E-state index is 12.1. The van der Waals surface area contributed by atoms with E-state index < -0.39 is 0 Å². The molecule has 1 amide bonds. The first kappa shape index (κ1) is 15.0. The lowest BCUT2D eigenvalue weighted by atomic mass is 10.1. The van der Waals surface area contributed by atoms with E-state index in [4.69, 9.17) is 0 Å². The predicted octanol–water partition coefficient (Wildman–Crippen LogP) is 3.20. The van der Waals surface area contributed by atoms with Crippen molar-refractivity contribution in [3.63, 3.8) is 0 Å². The summed E-state index contributed by atoms with van der Waals surface area (Å²) in [5.74, 6) is 0.0404. The summed E-state index contributed by atoms with van der Waals surface area (Å²) >= 11 is 0. The summed E-state index contributed by atoms with van der Waals surface area (Å²) in [6.45, 7) is 7.61. The molecule has 1 atom stereocenters. The van der Waals surface area contributed by atoms with E-state index >= 15 is 0 Å². The van der Waals surface area contributed by atoms with Gasteiger partial charge in [-0.2, -0.15) is 0 Å². The average Bonchev–Trinajstić information content (AvgIpc) is 2.92. The highest BCUT2D eigenvalue weighted by Gasteiger charge is 2.12. The van der Waals surface area contributed by atoms with Gasteiger partial charge in [-0.1, -0.05) is 25.5 Å². The normalized spacial score (nSPS) is 17.1. The third kappa shape index (κ3) is 4.34. The molecule has 0 radical (unpaired) electrons. The molecule has 0 spiro atoms. The van der Waals surface area contributed by atoms with Crippen LogP contribution in [-0.2, 0) is 6.54 Å². The van der Waals surface area contributed by atoms with Gasteiger partial charge in [-0.25, -0.2) is 0 Å². The smallest absolute Gasteiger partial charge is 0.251 e. The summed E-state index contributed by atoms with van der Waals surface area (Å²) in [5, 5.41) is 3.04. The Morgan fingerprint density at radius 3 is 2.50 bits per heavy atom. The highest BCUT2D eigenvalue weighted by molar-refractivity contribution is 5.94. The maximum Gasteiger partial charge on any atom is 0.251 e. The average molecular weight is 274 g/mol. The molecule has 0 aliphatic carbocycles. The second kappa shape index (κ2) is 7.44. The molecule has 1 aliphatic rings. The zero-order valence-corrected chi connectivity index (χ0v) is 12.7. The maximum absolute atomic E-state index is 12.1. The number of rotatable bonds is 6. The highest BCUT2D eigenvalue weighted by atomic mass is 16.1. The SMILES string of the molecule is CCC[C@H](C)NC(=O)c1ccc(CN2CCCC2)cc1. The lowest BCUT2D eigenvalue weighted by Gasteiger charge is -2.15. The molecule has 0 unspecified atom stereocenters. The van der Waals surface area contributed by atoms with Crippen molar-refractivity contribution in [1.29, 1.82) is 0 Å². The van der Waals surface area contributed by atoms with Gasteiger partial charge in [-0.3, -0.25) is 9.69 Å². The molecule has 1 saturated heterocycles. The van der Waals surface area contributed by atoms with Crippen LogP contribution in [0.3, 0.4) is 0 Å². The number of benzene rings is 1. The van der Waals surface area contributed by atoms with Crippen LogP contribution in [0, 0.1) is 0 Å². The van der Waals surface area contributed by atoms with Gasteiger partial charge < -0.3 is 5.32 Å². The standard InChI is InChI=1S/C17H26N2O/c1-3-6-14(2)18-17(20)16-9-7-15(8-10-16)13-19-11-4-5-12-19/h7-10,14H,3-6,11-13H2,1-2H3,(H,18,20)/t14-/m0/s1. The van der Waals surface area contributed by atoms with E-state index in [1.165, 1.54) is 31.5 Å². The van der Waals surface area contributed by atoms with E-state index in [9.17, 15) is 4.79 Å². The lowest BCUT2D eigenvalue weighted by molar-refractivity contribution is 0.0938. The fourth-order valence-electron chi connectivity index (χ4n) is 2.77. The quantitative estimate of drug-likeness (QED) is 0.864. The van der Waals surface area contributed by atoms with Gasteiger partial charge >= 0.3 is 0 Å². The Balaban J connectivity index is 1.88. The molecule has 110 valence electrons. The number of carbonyl (C=O) groups excluding carboxylic acids is 1. The van der Waals surface area contributed by atoms with Gasteiger partial charge in [-0.15, -0.1) is 0 Å². The summed E-state index contributed by atoms with van der Waals surface area (Å²) < 4.78 is 0. The Bertz CT molecular complexity index is 421. The molecule has 3 nitrogen and oxygen atoms in total. The number of nitrogens with one attached hydrogen (secondary N) is 1. The van der Waals surface area contributed by atoms with E-state index in [1.807, 2.05) is 12.1 Å². The van der Waals surface area contributed by atoms with Gasteiger partial charge in [0.2, 0.25) is 0 Å². The van der Waals surface area contributed by atoms with Gasteiger partial charge in [0.1, 0.15) is 0 Å². The van der Waals surface area contributed by atoms with Crippen LogP contribution in [0.1, 0.15) is 55.5 Å². The largest absolute Gasteiger partial charge is 0.350 e. The van der Waals surface area contributed by atoms with Crippen LogP contribution < -0.4 is 5.32 Å². The molecule has 1 aromatic rings. The van der Waals surface area contributed by atoms with Crippen molar-refractivity contribution in [2.45, 2.75) is 52.1 Å². The van der Waals surface area contributed by atoms with Crippen LogP contribution in [0.5, 0.6) is 0 Å². The zero-order valence-electron chi connectivity index (χ0n) is 12.7. The molecule has 1 aliphatic heterocycles. The monoisotopic (exact) mass is 274 g/mol. The second-order valence-electron chi connectivity index (χ2n) is 5.84. The van der Waals surface area contributed by atoms with Crippen LogP contribution >= 0.6 is 0 Å². The molecule has 3 heteroatoms. The molecule has 1 heterocycles. The Morgan fingerprint density at radius 1 is 1.25 bits per heavy atom. The lowest BCUT2D eigenvalue weighted by Crippen LogP contribution is -2.32. The van der Waals surface area contributed by atoms with Crippen molar-refractivity contribution >= 4 is 5.91 Å². The van der Waals surface area contributed by atoms with Crippen LogP contribution in [0.25, 0.3) is 0 Å². The molecule has 0 aromatic heterocycles. The Labute approximate surface area is 122 Å². The predicted molar refractivity (Wildman–Crippen MR) is 82.8 cm³/mol. The summed E-state index contributed by atoms with van der Waals surface area (Å²) in [6.07, 6.45) is 4.75. The van der Waals surface area contributed by atoms with E-state index in [0.29, 0.717) is 0 Å². The van der Waals surface area contributed by atoms with E-state index in [0.717, 1.165) is 24.9 Å². The summed E-state index contributed by atoms with van der Waals surface area (Å²) in [7, 11) is 0.